The predicted octanol–water partition coefficient (Wildman–Crippen LogP) is 4.62. The molecule has 1 aromatic heterocycles. The maximum absolute atomic E-state index is 14.0. The third kappa shape index (κ3) is 4.44. The molecular formula is C26H37NO5. The maximum Gasteiger partial charge on any atom is 0.203 e. The maximum atomic E-state index is 14.0. The number of hydrogen-bond donors (Lipinski definition) is 5. The van der Waals surface area contributed by atoms with Crippen LogP contribution in [0.2, 0.25) is 0 Å². The smallest absolute Gasteiger partial charge is 0.203 e. The summed E-state index contributed by atoms with van der Waals surface area (Å²) in [6.45, 7) is 7.49. The average molecular weight is 444 g/mol. The number of aliphatic hydroxyl groups is 2. The number of carbonyl (C=O) groups is 1. The largest absolute Gasteiger partial charge is 0.505 e. The summed E-state index contributed by atoms with van der Waals surface area (Å²) in [5.74, 6) is -0.338. The van der Waals surface area contributed by atoms with Crippen LogP contribution in [-0.4, -0.2) is 37.3 Å². The van der Waals surface area contributed by atoms with E-state index in [-0.39, 0.29) is 40.5 Å². The van der Waals surface area contributed by atoms with Gasteiger partial charge in [-0.15, -0.1) is 0 Å². The highest BCUT2D eigenvalue weighted by atomic mass is 16.3. The van der Waals surface area contributed by atoms with Crippen molar-refractivity contribution in [3.63, 3.8) is 0 Å². The minimum absolute atomic E-state index is 0.0412. The van der Waals surface area contributed by atoms with Crippen LogP contribution in [0.25, 0.3) is 0 Å². The molecule has 5 N–H and O–H groups in total. The fraction of sp³-hybridized carbons (Fsp3) is 0.577. The molecule has 0 amide bonds. The molecule has 6 atom stereocenters. The highest BCUT2D eigenvalue weighted by molar-refractivity contribution is 6.05. The topological polar surface area (TPSA) is 114 Å². The number of aromatic nitrogens is 1. The van der Waals surface area contributed by atoms with Crippen LogP contribution in [0.1, 0.15) is 69.4 Å². The Morgan fingerprint density at radius 2 is 2.03 bits per heavy atom. The molecule has 1 fully saturated rings. The van der Waals surface area contributed by atoms with Gasteiger partial charge in [0.25, 0.3) is 0 Å². The first-order chi connectivity index (χ1) is 15.1. The molecule has 0 aliphatic heterocycles. The fourth-order valence-corrected chi connectivity index (χ4v) is 5.82. The molecule has 2 aliphatic carbocycles. The highest BCUT2D eigenvalue weighted by Gasteiger charge is 2.54. The summed E-state index contributed by atoms with van der Waals surface area (Å²) >= 11 is 0. The molecule has 6 heteroatoms. The van der Waals surface area contributed by atoms with Crippen LogP contribution in [0.5, 0.6) is 11.6 Å². The second-order valence-electron chi connectivity index (χ2n) is 9.92. The molecule has 6 unspecified atom stereocenters. The highest BCUT2D eigenvalue weighted by Crippen LogP contribution is 2.56. The number of Topliss-reactive ketones (excluding diaryl/α,β-unsaturated/α-hetero) is 1. The number of H-pyrrole nitrogens is 1. The molecule has 0 bridgehead atoms. The predicted molar refractivity (Wildman–Crippen MR) is 124 cm³/mol. The van der Waals surface area contributed by atoms with E-state index in [1.54, 1.807) is 6.92 Å². The van der Waals surface area contributed by atoms with E-state index in [9.17, 15) is 25.2 Å². The van der Waals surface area contributed by atoms with Crippen LogP contribution in [0, 0.1) is 29.1 Å². The van der Waals surface area contributed by atoms with Gasteiger partial charge in [0.15, 0.2) is 11.5 Å². The number of nitrogens with one attached hydrogen (secondary N) is 1. The van der Waals surface area contributed by atoms with Crippen molar-refractivity contribution in [1.82, 2.24) is 4.98 Å². The van der Waals surface area contributed by atoms with E-state index in [1.165, 1.54) is 0 Å². The quantitative estimate of drug-likeness (QED) is 0.240. The molecular weight excluding hydrogens is 406 g/mol. The number of aromatic hydroxyl groups is 2. The Labute approximate surface area is 190 Å². The van der Waals surface area contributed by atoms with E-state index in [2.05, 4.69) is 18.0 Å². The molecule has 2 aliphatic rings. The first-order valence-corrected chi connectivity index (χ1v) is 11.6. The number of allylic oxidation sites excluding steroid dienone is 5. The van der Waals surface area contributed by atoms with Crippen molar-refractivity contribution < 1.29 is 25.2 Å². The number of carbonyl (C=O) groups excluding carboxylic acids is 1. The molecule has 1 saturated carbocycles. The van der Waals surface area contributed by atoms with E-state index < -0.39 is 24.0 Å². The van der Waals surface area contributed by atoms with Crippen molar-refractivity contribution in [2.75, 3.05) is 0 Å². The Morgan fingerprint density at radius 3 is 2.66 bits per heavy atom. The monoisotopic (exact) mass is 443 g/mol. The molecule has 6 nitrogen and oxygen atoms in total. The zero-order valence-electron chi connectivity index (χ0n) is 19.5. The molecule has 0 saturated heterocycles. The first kappa shape index (κ1) is 24.3. The average Bonchev–Trinajstić information content (AvgIpc) is 3.01. The summed E-state index contributed by atoms with van der Waals surface area (Å²) in [5.41, 5.74) is 0.154. The van der Waals surface area contributed by atoms with E-state index in [4.69, 9.17) is 0 Å². The molecule has 1 heterocycles. The van der Waals surface area contributed by atoms with Crippen molar-refractivity contribution in [3.05, 3.63) is 47.2 Å². The second kappa shape index (κ2) is 9.67. The summed E-state index contributed by atoms with van der Waals surface area (Å²) in [4.78, 5) is 16.6. The standard InChI is InChI=1S/C26H37NO5/c1-15-10-11-20-18(12-15)13-16(2)19(9-7-5-6-8-17(3)29)26(20,4)24(31)22-23(30)21(14-28)27-25(22)32/h5-7,9,13,15,17-20,27-30,32H,8,10-12,14H2,1-4H3. The Hall–Kier alpha value is -2.31. The Bertz CT molecular complexity index is 925. The Morgan fingerprint density at radius 1 is 1.31 bits per heavy atom. The van der Waals surface area contributed by atoms with E-state index in [0.29, 0.717) is 12.3 Å². The van der Waals surface area contributed by atoms with Gasteiger partial charge in [-0.05, 0) is 50.9 Å². The Balaban J connectivity index is 2.06. The van der Waals surface area contributed by atoms with Crippen molar-refractivity contribution in [3.8, 4) is 11.6 Å². The second-order valence-corrected chi connectivity index (χ2v) is 9.92. The number of aromatic amines is 1. The van der Waals surface area contributed by atoms with Gasteiger partial charge in [0, 0.05) is 11.3 Å². The molecule has 0 radical (unpaired) electrons. The third-order valence-corrected chi connectivity index (χ3v) is 7.48. The summed E-state index contributed by atoms with van der Waals surface area (Å²) in [6, 6.07) is 0. The van der Waals surface area contributed by atoms with Crippen molar-refractivity contribution in [2.24, 2.45) is 29.1 Å². The molecule has 0 aromatic carbocycles. The normalized spacial score (nSPS) is 31.6. The van der Waals surface area contributed by atoms with Crippen LogP contribution in [0.3, 0.4) is 0 Å². The lowest BCUT2D eigenvalue weighted by atomic mass is 9.51. The Kier molecular flexibility index (Phi) is 7.36. The summed E-state index contributed by atoms with van der Waals surface area (Å²) in [6.07, 6.45) is 13.1. The van der Waals surface area contributed by atoms with Gasteiger partial charge < -0.3 is 25.4 Å². The van der Waals surface area contributed by atoms with Gasteiger partial charge in [-0.3, -0.25) is 4.79 Å². The minimum Gasteiger partial charge on any atom is -0.505 e. The summed E-state index contributed by atoms with van der Waals surface area (Å²) in [7, 11) is 0. The van der Waals surface area contributed by atoms with Crippen LogP contribution < -0.4 is 0 Å². The number of ketones is 1. The molecule has 0 spiro atoms. The van der Waals surface area contributed by atoms with Gasteiger partial charge in [-0.1, -0.05) is 56.2 Å². The minimum atomic E-state index is -0.859. The van der Waals surface area contributed by atoms with Gasteiger partial charge in [0.05, 0.1) is 18.4 Å². The molecule has 3 rings (SSSR count). The number of aliphatic hydroxyl groups excluding tert-OH is 2. The summed E-state index contributed by atoms with van der Waals surface area (Å²) < 4.78 is 0. The van der Waals surface area contributed by atoms with E-state index in [1.807, 2.05) is 38.2 Å². The van der Waals surface area contributed by atoms with Crippen LogP contribution >= 0.6 is 0 Å². The molecule has 1 aromatic rings. The van der Waals surface area contributed by atoms with Gasteiger partial charge in [-0.2, -0.15) is 0 Å². The van der Waals surface area contributed by atoms with E-state index >= 15 is 0 Å². The van der Waals surface area contributed by atoms with Crippen LogP contribution in [0.4, 0.5) is 0 Å². The zero-order chi connectivity index (χ0) is 23.6. The number of hydrogen-bond acceptors (Lipinski definition) is 5. The van der Waals surface area contributed by atoms with Gasteiger partial charge >= 0.3 is 0 Å². The summed E-state index contributed by atoms with van der Waals surface area (Å²) in [5, 5.41) is 39.9. The van der Waals surface area contributed by atoms with Crippen LogP contribution in [0.15, 0.2) is 36.0 Å². The third-order valence-electron chi connectivity index (χ3n) is 7.48. The van der Waals surface area contributed by atoms with Crippen LogP contribution in [-0.2, 0) is 6.61 Å². The number of fused-ring (bicyclic) bond motifs is 1. The van der Waals surface area contributed by atoms with Gasteiger partial charge in [0.2, 0.25) is 5.88 Å². The van der Waals surface area contributed by atoms with Gasteiger partial charge in [-0.25, -0.2) is 0 Å². The van der Waals surface area contributed by atoms with Gasteiger partial charge in [0.1, 0.15) is 5.56 Å². The lowest BCUT2D eigenvalue weighted by Crippen LogP contribution is -2.49. The number of rotatable bonds is 7. The van der Waals surface area contributed by atoms with Crippen molar-refractivity contribution in [1.29, 1.82) is 0 Å². The molecule has 32 heavy (non-hydrogen) atoms. The molecule has 176 valence electrons. The van der Waals surface area contributed by atoms with E-state index in [0.717, 1.165) is 24.8 Å². The lowest BCUT2D eigenvalue weighted by molar-refractivity contribution is 0.0326. The SMILES string of the molecule is CC1=CC2CC(C)CCC2C(C)(C(=O)c2c(O)[nH]c(CO)c2O)C1C=CC=CCC(C)O. The lowest BCUT2D eigenvalue weighted by Gasteiger charge is -2.51. The first-order valence-electron chi connectivity index (χ1n) is 11.6. The van der Waals surface area contributed by atoms with Crippen molar-refractivity contribution in [2.45, 2.75) is 66.1 Å². The van der Waals surface area contributed by atoms with Crippen molar-refractivity contribution >= 4 is 5.78 Å². The zero-order valence-corrected chi connectivity index (χ0v) is 19.5. The fourth-order valence-electron chi connectivity index (χ4n) is 5.82.